The lowest BCUT2D eigenvalue weighted by Crippen LogP contribution is -2.08. The summed E-state index contributed by atoms with van der Waals surface area (Å²) >= 11 is 0. The van der Waals surface area contributed by atoms with Gasteiger partial charge in [-0.25, -0.2) is 0 Å². The molecule has 1 fully saturated rings. The fourth-order valence-electron chi connectivity index (χ4n) is 1.74. The van der Waals surface area contributed by atoms with Crippen molar-refractivity contribution in [3.8, 4) is 0 Å². The van der Waals surface area contributed by atoms with Gasteiger partial charge in [0.1, 0.15) is 0 Å². The molecule has 0 spiro atoms. The Hall–Kier alpha value is -0.560. The predicted octanol–water partition coefficient (Wildman–Crippen LogP) is 1.89. The number of allylic oxidation sites excluding steroid dienone is 3. The topological polar surface area (TPSA) is 20.2 Å². The molecule has 11 heavy (non-hydrogen) atoms. The van der Waals surface area contributed by atoms with E-state index in [-0.39, 0.29) is 6.10 Å². The number of hydrogen-bond donors (Lipinski definition) is 1. The van der Waals surface area contributed by atoms with E-state index >= 15 is 0 Å². The lowest BCUT2D eigenvalue weighted by atomic mass is 10.1. The summed E-state index contributed by atoms with van der Waals surface area (Å²) in [5, 5.41) is 9.56. The SMILES string of the molecule is OC1C/C=C\C/C=C\C2CC12. The maximum absolute atomic E-state index is 9.56. The van der Waals surface area contributed by atoms with E-state index in [1.807, 2.05) is 0 Å². The summed E-state index contributed by atoms with van der Waals surface area (Å²) in [5.74, 6) is 1.25. The standard InChI is InChI=1S/C10H14O/c11-10-6-4-2-1-3-5-8-7-9(8)10/h2-5,8-11H,1,6-7H2/b4-2-,5-3-. The average Bonchev–Trinajstić information content (AvgIpc) is 2.74. The van der Waals surface area contributed by atoms with Gasteiger partial charge in [0.15, 0.2) is 0 Å². The molecule has 2 aliphatic carbocycles. The van der Waals surface area contributed by atoms with Crippen molar-refractivity contribution in [1.29, 1.82) is 0 Å². The van der Waals surface area contributed by atoms with E-state index in [0.29, 0.717) is 11.8 Å². The van der Waals surface area contributed by atoms with E-state index in [0.717, 1.165) is 12.8 Å². The van der Waals surface area contributed by atoms with E-state index in [4.69, 9.17) is 0 Å². The smallest absolute Gasteiger partial charge is 0.0608 e. The molecule has 0 aromatic rings. The predicted molar refractivity (Wildman–Crippen MR) is 45.1 cm³/mol. The first kappa shape index (κ1) is 7.11. The van der Waals surface area contributed by atoms with Gasteiger partial charge in [0.05, 0.1) is 6.10 Å². The third kappa shape index (κ3) is 1.54. The van der Waals surface area contributed by atoms with Gasteiger partial charge in [-0.1, -0.05) is 24.3 Å². The Morgan fingerprint density at radius 1 is 1.18 bits per heavy atom. The molecule has 2 aliphatic rings. The van der Waals surface area contributed by atoms with Crippen LogP contribution >= 0.6 is 0 Å². The van der Waals surface area contributed by atoms with Crippen molar-refractivity contribution in [1.82, 2.24) is 0 Å². The van der Waals surface area contributed by atoms with Gasteiger partial charge in [-0.15, -0.1) is 0 Å². The third-order valence-corrected chi connectivity index (χ3v) is 2.59. The second-order valence-electron chi connectivity index (χ2n) is 3.50. The van der Waals surface area contributed by atoms with Crippen molar-refractivity contribution in [2.75, 3.05) is 0 Å². The zero-order valence-electron chi connectivity index (χ0n) is 6.61. The first-order chi connectivity index (χ1) is 5.38. The van der Waals surface area contributed by atoms with Crippen molar-refractivity contribution >= 4 is 0 Å². The Kier molecular flexibility index (Phi) is 1.82. The molecule has 1 nitrogen and oxygen atoms in total. The molecule has 0 aromatic heterocycles. The summed E-state index contributed by atoms with van der Waals surface area (Å²) in [6.07, 6.45) is 11.7. The Morgan fingerprint density at radius 3 is 3.00 bits per heavy atom. The van der Waals surface area contributed by atoms with Gasteiger partial charge in [-0.2, -0.15) is 0 Å². The maximum atomic E-state index is 9.56. The first-order valence-electron chi connectivity index (χ1n) is 4.37. The molecular formula is C10H14O. The summed E-state index contributed by atoms with van der Waals surface area (Å²) < 4.78 is 0. The Balaban J connectivity index is 2.03. The second kappa shape index (κ2) is 2.82. The minimum atomic E-state index is -0.0843. The van der Waals surface area contributed by atoms with Gasteiger partial charge in [-0.05, 0) is 31.1 Å². The van der Waals surface area contributed by atoms with Crippen LogP contribution in [0.1, 0.15) is 19.3 Å². The molecule has 3 atom stereocenters. The maximum Gasteiger partial charge on any atom is 0.0608 e. The molecular weight excluding hydrogens is 136 g/mol. The Morgan fingerprint density at radius 2 is 2.09 bits per heavy atom. The van der Waals surface area contributed by atoms with Crippen LogP contribution in [0.5, 0.6) is 0 Å². The van der Waals surface area contributed by atoms with Crippen molar-refractivity contribution in [3.63, 3.8) is 0 Å². The van der Waals surface area contributed by atoms with Gasteiger partial charge in [0, 0.05) is 0 Å². The van der Waals surface area contributed by atoms with Crippen LogP contribution in [0.4, 0.5) is 0 Å². The first-order valence-corrected chi connectivity index (χ1v) is 4.37. The van der Waals surface area contributed by atoms with E-state index in [1.54, 1.807) is 0 Å². The summed E-state index contributed by atoms with van der Waals surface area (Å²) in [7, 11) is 0. The van der Waals surface area contributed by atoms with Gasteiger partial charge >= 0.3 is 0 Å². The van der Waals surface area contributed by atoms with Gasteiger partial charge < -0.3 is 5.11 Å². The van der Waals surface area contributed by atoms with Crippen LogP contribution in [-0.2, 0) is 0 Å². The lowest BCUT2D eigenvalue weighted by Gasteiger charge is -2.04. The molecule has 1 saturated carbocycles. The molecule has 0 heterocycles. The number of rotatable bonds is 0. The van der Waals surface area contributed by atoms with Crippen LogP contribution in [0.25, 0.3) is 0 Å². The highest BCUT2D eigenvalue weighted by Crippen LogP contribution is 2.43. The van der Waals surface area contributed by atoms with Crippen LogP contribution < -0.4 is 0 Å². The molecule has 0 aliphatic heterocycles. The molecule has 0 amide bonds. The fourth-order valence-corrected chi connectivity index (χ4v) is 1.74. The van der Waals surface area contributed by atoms with Gasteiger partial charge in [-0.3, -0.25) is 0 Å². The van der Waals surface area contributed by atoms with Crippen molar-refractivity contribution in [2.24, 2.45) is 11.8 Å². The van der Waals surface area contributed by atoms with E-state index in [2.05, 4.69) is 24.3 Å². The third-order valence-electron chi connectivity index (χ3n) is 2.59. The number of aliphatic hydroxyl groups excluding tert-OH is 1. The summed E-state index contributed by atoms with van der Waals surface area (Å²) in [6.45, 7) is 0. The monoisotopic (exact) mass is 150 g/mol. The number of hydrogen-bond acceptors (Lipinski definition) is 1. The molecule has 0 saturated heterocycles. The van der Waals surface area contributed by atoms with Crippen LogP contribution in [0.2, 0.25) is 0 Å². The van der Waals surface area contributed by atoms with E-state index < -0.39 is 0 Å². The molecule has 2 rings (SSSR count). The van der Waals surface area contributed by atoms with Crippen LogP contribution in [0.15, 0.2) is 24.3 Å². The molecule has 1 heteroatoms. The van der Waals surface area contributed by atoms with Crippen molar-refractivity contribution < 1.29 is 5.11 Å². The van der Waals surface area contributed by atoms with E-state index in [9.17, 15) is 5.11 Å². The van der Waals surface area contributed by atoms with Crippen LogP contribution in [0.3, 0.4) is 0 Å². The molecule has 60 valence electrons. The van der Waals surface area contributed by atoms with Gasteiger partial charge in [0.2, 0.25) is 0 Å². The molecule has 1 N–H and O–H groups in total. The molecule has 3 unspecified atom stereocenters. The zero-order valence-corrected chi connectivity index (χ0v) is 6.61. The van der Waals surface area contributed by atoms with Crippen molar-refractivity contribution in [3.05, 3.63) is 24.3 Å². The number of aliphatic hydroxyl groups is 1. The largest absolute Gasteiger partial charge is 0.392 e. The lowest BCUT2D eigenvalue weighted by molar-refractivity contribution is 0.150. The Bertz CT molecular complexity index is 193. The fraction of sp³-hybridized carbons (Fsp3) is 0.600. The highest BCUT2D eigenvalue weighted by Gasteiger charge is 2.39. The number of fused-ring (bicyclic) bond motifs is 1. The Labute approximate surface area is 67.4 Å². The summed E-state index contributed by atoms with van der Waals surface area (Å²) in [4.78, 5) is 0. The molecule has 0 radical (unpaired) electrons. The normalized spacial score (nSPS) is 47.9. The highest BCUT2D eigenvalue weighted by atomic mass is 16.3. The summed E-state index contributed by atoms with van der Waals surface area (Å²) in [6, 6.07) is 0. The zero-order chi connectivity index (χ0) is 7.68. The average molecular weight is 150 g/mol. The second-order valence-corrected chi connectivity index (χ2v) is 3.50. The molecule has 0 aromatic carbocycles. The van der Waals surface area contributed by atoms with E-state index in [1.165, 1.54) is 6.42 Å². The van der Waals surface area contributed by atoms with Crippen molar-refractivity contribution in [2.45, 2.75) is 25.4 Å². The summed E-state index contributed by atoms with van der Waals surface area (Å²) in [5.41, 5.74) is 0. The minimum absolute atomic E-state index is 0.0843. The van der Waals surface area contributed by atoms with Crippen LogP contribution in [-0.4, -0.2) is 11.2 Å². The van der Waals surface area contributed by atoms with Crippen LogP contribution in [0, 0.1) is 11.8 Å². The van der Waals surface area contributed by atoms with Gasteiger partial charge in [0.25, 0.3) is 0 Å². The quantitative estimate of drug-likeness (QED) is 0.523. The minimum Gasteiger partial charge on any atom is -0.392 e. The highest BCUT2D eigenvalue weighted by molar-refractivity contribution is 5.09. The molecule has 0 bridgehead atoms.